The summed E-state index contributed by atoms with van der Waals surface area (Å²) in [6.07, 6.45) is 0. The normalized spacial score (nSPS) is 14.4. The summed E-state index contributed by atoms with van der Waals surface area (Å²) in [5.41, 5.74) is 3.98. The van der Waals surface area contributed by atoms with Crippen LogP contribution in [-0.2, 0) is 11.3 Å². The van der Waals surface area contributed by atoms with Crippen molar-refractivity contribution in [3.8, 4) is 0 Å². The Kier molecular flexibility index (Phi) is 7.33. The Labute approximate surface area is 198 Å². The second-order valence-electron chi connectivity index (χ2n) is 8.42. The van der Waals surface area contributed by atoms with E-state index in [4.69, 9.17) is 16.3 Å². The molecule has 1 aliphatic heterocycles. The Hall–Kier alpha value is -2.87. The molecule has 1 aliphatic rings. The molecule has 8 heteroatoms. The lowest BCUT2D eigenvalue weighted by Crippen LogP contribution is -2.44. The van der Waals surface area contributed by atoms with Crippen LogP contribution >= 0.6 is 11.6 Å². The van der Waals surface area contributed by atoms with E-state index in [0.29, 0.717) is 42.6 Å². The summed E-state index contributed by atoms with van der Waals surface area (Å²) in [4.78, 5) is 33.1. The molecule has 1 fully saturated rings. The maximum atomic E-state index is 13.2. The van der Waals surface area contributed by atoms with Crippen LogP contribution in [0, 0.1) is 13.8 Å². The van der Waals surface area contributed by atoms with Gasteiger partial charge in [-0.3, -0.25) is 9.69 Å². The maximum Gasteiger partial charge on any atom is 0.322 e. The minimum Gasteiger partial charge on any atom is -0.379 e. The molecule has 0 bridgehead atoms. The average Bonchev–Trinajstić information content (AvgIpc) is 2.82. The van der Waals surface area contributed by atoms with Gasteiger partial charge in [-0.05, 0) is 55.3 Å². The number of hydrogen-bond acceptors (Lipinski definition) is 4. The Morgan fingerprint density at radius 2 is 1.82 bits per heavy atom. The Balaban J connectivity index is 1.58. The molecule has 4 rings (SSSR count). The third kappa shape index (κ3) is 5.74. The highest BCUT2D eigenvalue weighted by atomic mass is 35.5. The predicted octanol–water partition coefficient (Wildman–Crippen LogP) is 4.16. The minimum atomic E-state index is -0.258. The molecule has 1 aromatic heterocycles. The van der Waals surface area contributed by atoms with Crippen LogP contribution in [0.2, 0.25) is 5.02 Å². The van der Waals surface area contributed by atoms with Crippen molar-refractivity contribution in [3.05, 3.63) is 74.5 Å². The van der Waals surface area contributed by atoms with Crippen LogP contribution in [0.4, 0.5) is 10.5 Å². The van der Waals surface area contributed by atoms with E-state index < -0.39 is 0 Å². The maximum absolute atomic E-state index is 13.2. The van der Waals surface area contributed by atoms with Gasteiger partial charge in [0.05, 0.1) is 25.3 Å². The van der Waals surface area contributed by atoms with Gasteiger partial charge in [0, 0.05) is 47.8 Å². The summed E-state index contributed by atoms with van der Waals surface area (Å²) in [5.74, 6) is 0. The number of aromatic amines is 1. The molecule has 3 aromatic rings. The number of urea groups is 1. The fourth-order valence-electron chi connectivity index (χ4n) is 4.02. The Morgan fingerprint density at radius 1 is 1.12 bits per heavy atom. The molecule has 2 amide bonds. The molecule has 0 aliphatic carbocycles. The van der Waals surface area contributed by atoms with Gasteiger partial charge in [0.15, 0.2) is 0 Å². The van der Waals surface area contributed by atoms with Crippen LogP contribution < -0.4 is 10.9 Å². The second-order valence-corrected chi connectivity index (χ2v) is 8.86. The molecule has 2 N–H and O–H groups in total. The van der Waals surface area contributed by atoms with Crippen molar-refractivity contribution in [2.45, 2.75) is 20.4 Å². The van der Waals surface area contributed by atoms with E-state index in [1.165, 1.54) is 0 Å². The molecule has 0 atom stereocenters. The summed E-state index contributed by atoms with van der Waals surface area (Å²) in [6.45, 7) is 8.47. The first kappa shape index (κ1) is 23.3. The molecule has 174 valence electrons. The Morgan fingerprint density at radius 3 is 2.55 bits per heavy atom. The summed E-state index contributed by atoms with van der Waals surface area (Å²) in [6, 6.07) is 12.7. The third-order valence-electron chi connectivity index (χ3n) is 6.05. The number of halogens is 1. The number of H-pyrrole nitrogens is 1. The fourth-order valence-corrected chi connectivity index (χ4v) is 4.14. The van der Waals surface area contributed by atoms with E-state index >= 15 is 0 Å². The summed E-state index contributed by atoms with van der Waals surface area (Å²) < 4.78 is 5.42. The lowest BCUT2D eigenvalue weighted by Gasteiger charge is -2.30. The number of carbonyl (C=O) groups excluding carboxylic acids is 1. The molecule has 1 saturated heterocycles. The molecule has 0 spiro atoms. The number of aryl methyl sites for hydroxylation is 2. The molecule has 0 unspecified atom stereocenters. The van der Waals surface area contributed by atoms with Crippen molar-refractivity contribution >= 4 is 34.2 Å². The van der Waals surface area contributed by atoms with Crippen molar-refractivity contribution in [2.24, 2.45) is 0 Å². The van der Waals surface area contributed by atoms with Crippen LogP contribution in [0.15, 0.2) is 47.3 Å². The molecular formula is C25H29ClN4O3. The number of hydrogen-bond donors (Lipinski definition) is 2. The molecular weight excluding hydrogens is 440 g/mol. The average molecular weight is 469 g/mol. The van der Waals surface area contributed by atoms with E-state index in [9.17, 15) is 9.59 Å². The fraction of sp³-hybridized carbons (Fsp3) is 0.360. The van der Waals surface area contributed by atoms with Gasteiger partial charge in [0.25, 0.3) is 5.56 Å². The van der Waals surface area contributed by atoms with Crippen molar-refractivity contribution in [1.29, 1.82) is 0 Å². The number of fused-ring (bicyclic) bond motifs is 1. The van der Waals surface area contributed by atoms with Crippen LogP contribution in [0.5, 0.6) is 0 Å². The van der Waals surface area contributed by atoms with E-state index in [1.807, 2.05) is 32.0 Å². The quantitative estimate of drug-likeness (QED) is 0.569. The second kappa shape index (κ2) is 10.4. The minimum absolute atomic E-state index is 0.174. The number of pyridine rings is 1. The van der Waals surface area contributed by atoms with Gasteiger partial charge in [-0.25, -0.2) is 4.79 Å². The van der Waals surface area contributed by atoms with Crippen molar-refractivity contribution in [2.75, 3.05) is 44.7 Å². The van der Waals surface area contributed by atoms with Crippen LogP contribution in [0.1, 0.15) is 16.7 Å². The van der Waals surface area contributed by atoms with Crippen LogP contribution in [0.3, 0.4) is 0 Å². The SMILES string of the molecule is Cc1ccc(C)c2[nH]c(=O)c(CN(CCN3CCOCC3)C(=O)Nc3ccc(Cl)cc3)cc12. The predicted molar refractivity (Wildman–Crippen MR) is 132 cm³/mol. The smallest absolute Gasteiger partial charge is 0.322 e. The first-order valence-corrected chi connectivity index (χ1v) is 11.5. The van der Waals surface area contributed by atoms with Crippen molar-refractivity contribution in [3.63, 3.8) is 0 Å². The number of rotatable bonds is 6. The zero-order valence-corrected chi connectivity index (χ0v) is 19.7. The first-order chi connectivity index (χ1) is 15.9. The number of morpholine rings is 1. The Bertz CT molecular complexity index is 1190. The number of ether oxygens (including phenoxy) is 1. The molecule has 0 radical (unpaired) electrons. The molecule has 33 heavy (non-hydrogen) atoms. The number of carbonyl (C=O) groups is 1. The van der Waals surface area contributed by atoms with E-state index in [0.717, 1.165) is 35.1 Å². The number of nitrogens with zero attached hydrogens (tertiary/aromatic N) is 2. The van der Waals surface area contributed by atoms with Gasteiger partial charge in [-0.15, -0.1) is 0 Å². The lowest BCUT2D eigenvalue weighted by atomic mass is 10.0. The van der Waals surface area contributed by atoms with E-state index in [2.05, 4.69) is 15.2 Å². The monoisotopic (exact) mass is 468 g/mol. The summed E-state index contributed by atoms with van der Waals surface area (Å²) >= 11 is 5.97. The highest BCUT2D eigenvalue weighted by Crippen LogP contribution is 2.20. The van der Waals surface area contributed by atoms with E-state index in [1.54, 1.807) is 29.2 Å². The number of aromatic nitrogens is 1. The summed E-state index contributed by atoms with van der Waals surface area (Å²) in [7, 11) is 0. The van der Waals surface area contributed by atoms with Gasteiger partial charge < -0.3 is 19.9 Å². The van der Waals surface area contributed by atoms with Gasteiger partial charge in [0.1, 0.15) is 0 Å². The largest absolute Gasteiger partial charge is 0.379 e. The van der Waals surface area contributed by atoms with Crippen molar-refractivity contribution in [1.82, 2.24) is 14.8 Å². The number of benzene rings is 2. The molecule has 2 aromatic carbocycles. The van der Waals surface area contributed by atoms with Gasteiger partial charge >= 0.3 is 6.03 Å². The lowest BCUT2D eigenvalue weighted by molar-refractivity contribution is 0.0349. The standard InChI is InChI=1S/C25H29ClN4O3/c1-17-3-4-18(2)23-22(17)15-19(24(31)28-23)16-30(10-9-29-11-13-33-14-12-29)25(32)27-21-7-5-20(26)6-8-21/h3-8,15H,9-14,16H2,1-2H3,(H,27,32)(H,28,31). The molecule has 0 saturated carbocycles. The number of nitrogens with one attached hydrogen (secondary N) is 2. The zero-order chi connectivity index (χ0) is 23.4. The molecule has 7 nitrogen and oxygen atoms in total. The first-order valence-electron chi connectivity index (χ1n) is 11.1. The highest BCUT2D eigenvalue weighted by Gasteiger charge is 2.19. The topological polar surface area (TPSA) is 77.7 Å². The molecule has 2 heterocycles. The van der Waals surface area contributed by atoms with Crippen molar-refractivity contribution < 1.29 is 9.53 Å². The van der Waals surface area contributed by atoms with Gasteiger partial charge in [-0.1, -0.05) is 23.7 Å². The third-order valence-corrected chi connectivity index (χ3v) is 6.31. The van der Waals surface area contributed by atoms with Crippen LogP contribution in [-0.4, -0.2) is 60.2 Å². The number of anilines is 1. The van der Waals surface area contributed by atoms with Crippen LogP contribution in [0.25, 0.3) is 10.9 Å². The number of amides is 2. The zero-order valence-electron chi connectivity index (χ0n) is 19.0. The van der Waals surface area contributed by atoms with Gasteiger partial charge in [-0.2, -0.15) is 0 Å². The summed E-state index contributed by atoms with van der Waals surface area (Å²) in [5, 5.41) is 4.53. The highest BCUT2D eigenvalue weighted by molar-refractivity contribution is 6.30. The van der Waals surface area contributed by atoms with Gasteiger partial charge in [0.2, 0.25) is 0 Å². The van der Waals surface area contributed by atoms with E-state index in [-0.39, 0.29) is 18.1 Å².